The Balaban J connectivity index is 1.88. The van der Waals surface area contributed by atoms with Gasteiger partial charge in [-0.25, -0.2) is 0 Å². The van der Waals surface area contributed by atoms with Gasteiger partial charge in [0.05, 0.1) is 0 Å². The topological polar surface area (TPSA) is 93.5 Å². The minimum absolute atomic E-state index is 0.0546. The quantitative estimate of drug-likeness (QED) is 0.771. The highest BCUT2D eigenvalue weighted by molar-refractivity contribution is 5.94. The summed E-state index contributed by atoms with van der Waals surface area (Å²) in [6.45, 7) is 9.64. The van der Waals surface area contributed by atoms with Crippen molar-refractivity contribution in [1.82, 2.24) is 10.5 Å². The van der Waals surface area contributed by atoms with Crippen molar-refractivity contribution in [2.24, 2.45) is 5.41 Å². The first-order valence-corrected chi connectivity index (χ1v) is 9.00. The molecule has 0 aliphatic rings. The molecular formula is C20H27N3O4. The lowest BCUT2D eigenvalue weighted by atomic mass is 9.95. The lowest BCUT2D eigenvalue weighted by molar-refractivity contribution is -0.123. The average Bonchev–Trinajstić information content (AvgIpc) is 3.09. The number of benzene rings is 1. The van der Waals surface area contributed by atoms with Gasteiger partial charge in [0.25, 0.3) is 5.91 Å². The summed E-state index contributed by atoms with van der Waals surface area (Å²) in [6.07, 6.45) is 0.839. The molecule has 0 fully saturated rings. The Hall–Kier alpha value is -2.83. The van der Waals surface area contributed by atoms with E-state index in [2.05, 4.69) is 15.8 Å². The van der Waals surface area contributed by atoms with E-state index in [4.69, 9.17) is 9.26 Å². The van der Waals surface area contributed by atoms with Crippen LogP contribution >= 0.6 is 0 Å². The van der Waals surface area contributed by atoms with Crippen molar-refractivity contribution >= 4 is 17.5 Å². The molecule has 1 heterocycles. The van der Waals surface area contributed by atoms with E-state index < -0.39 is 5.41 Å². The summed E-state index contributed by atoms with van der Waals surface area (Å²) in [7, 11) is 0. The van der Waals surface area contributed by atoms with E-state index in [-0.39, 0.29) is 30.2 Å². The Bertz CT molecular complexity index is 775. The summed E-state index contributed by atoms with van der Waals surface area (Å²) in [6, 6.07) is 8.69. The highest BCUT2D eigenvalue weighted by Crippen LogP contribution is 2.20. The van der Waals surface area contributed by atoms with Crippen molar-refractivity contribution < 1.29 is 18.8 Å². The van der Waals surface area contributed by atoms with Crippen LogP contribution in [0.1, 0.15) is 57.3 Å². The third-order valence-corrected chi connectivity index (χ3v) is 3.96. The summed E-state index contributed by atoms with van der Waals surface area (Å²) >= 11 is 0. The molecule has 0 saturated carbocycles. The van der Waals surface area contributed by atoms with Crippen molar-refractivity contribution in [2.75, 3.05) is 5.32 Å². The van der Waals surface area contributed by atoms with E-state index in [0.29, 0.717) is 17.2 Å². The van der Waals surface area contributed by atoms with Crippen LogP contribution in [0.15, 0.2) is 34.9 Å². The second-order valence-corrected chi connectivity index (χ2v) is 7.48. The van der Waals surface area contributed by atoms with Crippen LogP contribution in [0.4, 0.5) is 5.69 Å². The molecule has 1 atom stereocenters. The molecule has 2 aromatic rings. The van der Waals surface area contributed by atoms with Crippen LogP contribution in [0.25, 0.3) is 0 Å². The lowest BCUT2D eigenvalue weighted by Gasteiger charge is -2.17. The van der Waals surface area contributed by atoms with Crippen molar-refractivity contribution in [3.05, 3.63) is 41.8 Å². The molecule has 0 radical (unpaired) electrons. The number of hydrogen-bond donors (Lipinski definition) is 2. The molecule has 0 unspecified atom stereocenters. The van der Waals surface area contributed by atoms with Crippen molar-refractivity contribution in [1.29, 1.82) is 0 Å². The molecule has 0 spiro atoms. The van der Waals surface area contributed by atoms with Crippen LogP contribution in [0.3, 0.4) is 0 Å². The number of nitrogens with zero attached hydrogens (tertiary/aromatic N) is 1. The van der Waals surface area contributed by atoms with Gasteiger partial charge in [-0.3, -0.25) is 9.59 Å². The van der Waals surface area contributed by atoms with E-state index in [9.17, 15) is 9.59 Å². The Kier molecular flexibility index (Phi) is 6.60. The smallest absolute Gasteiger partial charge is 0.273 e. The molecule has 1 aromatic heterocycles. The molecule has 7 nitrogen and oxygen atoms in total. The van der Waals surface area contributed by atoms with Crippen molar-refractivity contribution in [2.45, 2.75) is 53.7 Å². The van der Waals surface area contributed by atoms with Gasteiger partial charge in [-0.05, 0) is 37.6 Å². The van der Waals surface area contributed by atoms with Crippen molar-refractivity contribution in [3.63, 3.8) is 0 Å². The number of carbonyl (C=O) groups is 2. The zero-order valence-electron chi connectivity index (χ0n) is 16.5. The predicted molar refractivity (Wildman–Crippen MR) is 103 cm³/mol. The van der Waals surface area contributed by atoms with E-state index >= 15 is 0 Å². The first-order valence-electron chi connectivity index (χ1n) is 9.00. The molecule has 7 heteroatoms. The minimum Gasteiger partial charge on any atom is -0.486 e. The number of aromatic nitrogens is 1. The number of hydrogen-bond acceptors (Lipinski definition) is 5. The molecule has 146 valence electrons. The summed E-state index contributed by atoms with van der Waals surface area (Å²) in [4.78, 5) is 24.0. The number of anilines is 1. The molecule has 0 aliphatic heterocycles. The fourth-order valence-electron chi connectivity index (χ4n) is 2.00. The van der Waals surface area contributed by atoms with Gasteiger partial charge in [0, 0.05) is 23.2 Å². The first-order chi connectivity index (χ1) is 12.7. The van der Waals surface area contributed by atoms with Gasteiger partial charge in [0.2, 0.25) is 5.91 Å². The van der Waals surface area contributed by atoms with Gasteiger partial charge in [-0.15, -0.1) is 0 Å². The second-order valence-electron chi connectivity index (χ2n) is 7.48. The standard InChI is InChI=1S/C20H27N3O4/c1-6-13(2)21-18(24)17-11-16(27-23-17)12-26-15-9-7-14(8-10-15)22-19(25)20(3,4)5/h7-11,13H,6,12H2,1-5H3,(H,21,24)(H,22,25)/t13-/m1/s1. The Morgan fingerprint density at radius 3 is 2.48 bits per heavy atom. The maximum Gasteiger partial charge on any atom is 0.273 e. The van der Waals surface area contributed by atoms with E-state index in [1.165, 1.54) is 0 Å². The van der Waals surface area contributed by atoms with Gasteiger partial charge < -0.3 is 19.9 Å². The average molecular weight is 373 g/mol. The Morgan fingerprint density at radius 1 is 1.22 bits per heavy atom. The molecule has 27 heavy (non-hydrogen) atoms. The van der Waals surface area contributed by atoms with Crippen LogP contribution in [-0.4, -0.2) is 23.0 Å². The molecule has 2 rings (SSSR count). The van der Waals surface area contributed by atoms with E-state index in [1.54, 1.807) is 30.3 Å². The van der Waals surface area contributed by atoms with Crippen molar-refractivity contribution in [3.8, 4) is 5.75 Å². The van der Waals surface area contributed by atoms with E-state index in [0.717, 1.165) is 6.42 Å². The van der Waals surface area contributed by atoms with Crippen LogP contribution in [0, 0.1) is 5.41 Å². The predicted octanol–water partition coefficient (Wildman–Crippen LogP) is 3.77. The Labute approximate surface area is 159 Å². The van der Waals surface area contributed by atoms with Crippen LogP contribution in [0.2, 0.25) is 0 Å². The van der Waals surface area contributed by atoms with Crippen LogP contribution in [-0.2, 0) is 11.4 Å². The van der Waals surface area contributed by atoms with Gasteiger partial charge >= 0.3 is 0 Å². The summed E-state index contributed by atoms with van der Waals surface area (Å²) in [5.74, 6) is 0.750. The maximum atomic E-state index is 12.0. The summed E-state index contributed by atoms with van der Waals surface area (Å²) < 4.78 is 10.8. The van der Waals surface area contributed by atoms with Gasteiger partial charge in [-0.2, -0.15) is 0 Å². The number of nitrogens with one attached hydrogen (secondary N) is 2. The monoisotopic (exact) mass is 373 g/mol. The zero-order chi connectivity index (χ0) is 20.0. The number of ether oxygens (including phenoxy) is 1. The molecule has 0 aliphatic carbocycles. The summed E-state index contributed by atoms with van der Waals surface area (Å²) in [5.41, 5.74) is 0.473. The number of amides is 2. The lowest BCUT2D eigenvalue weighted by Crippen LogP contribution is -2.32. The van der Waals surface area contributed by atoms with Gasteiger partial charge in [0.1, 0.15) is 12.4 Å². The molecule has 2 N–H and O–H groups in total. The third kappa shape index (κ3) is 6.13. The molecule has 1 aromatic carbocycles. The minimum atomic E-state index is -0.458. The zero-order valence-corrected chi connectivity index (χ0v) is 16.5. The largest absolute Gasteiger partial charge is 0.486 e. The van der Waals surface area contributed by atoms with Gasteiger partial charge in [-0.1, -0.05) is 32.9 Å². The summed E-state index contributed by atoms with van der Waals surface area (Å²) in [5, 5.41) is 9.45. The molecule has 0 saturated heterocycles. The number of rotatable bonds is 7. The SMILES string of the molecule is CC[C@@H](C)NC(=O)c1cc(COc2ccc(NC(=O)C(C)(C)C)cc2)on1. The van der Waals surface area contributed by atoms with Crippen LogP contribution < -0.4 is 15.4 Å². The Morgan fingerprint density at radius 2 is 1.89 bits per heavy atom. The second kappa shape index (κ2) is 8.70. The maximum absolute atomic E-state index is 12.0. The molecule has 0 bridgehead atoms. The van der Waals surface area contributed by atoms with Gasteiger partial charge in [0.15, 0.2) is 11.5 Å². The highest BCUT2D eigenvalue weighted by Gasteiger charge is 2.21. The highest BCUT2D eigenvalue weighted by atomic mass is 16.5. The third-order valence-electron chi connectivity index (χ3n) is 3.96. The normalized spacial score (nSPS) is 12.3. The molecular weight excluding hydrogens is 346 g/mol. The van der Waals surface area contributed by atoms with Crippen LogP contribution in [0.5, 0.6) is 5.75 Å². The first kappa shape index (κ1) is 20.5. The molecule has 2 amide bonds. The number of carbonyl (C=O) groups excluding carboxylic acids is 2. The fourth-order valence-corrected chi connectivity index (χ4v) is 2.00. The fraction of sp³-hybridized carbons (Fsp3) is 0.450. The van der Waals surface area contributed by atoms with E-state index in [1.807, 2.05) is 34.6 Å².